The average Bonchev–Trinajstić information content (AvgIpc) is 2.76. The minimum absolute atomic E-state index is 0.162. The van der Waals surface area contributed by atoms with Gasteiger partial charge in [-0.05, 0) is 31.2 Å². The van der Waals surface area contributed by atoms with Crippen LogP contribution in [0.15, 0.2) is 41.2 Å². The van der Waals surface area contributed by atoms with Gasteiger partial charge < -0.3 is 0 Å². The van der Waals surface area contributed by atoms with E-state index in [0.717, 1.165) is 16.7 Å². The molecule has 1 N–H and O–H groups in total. The van der Waals surface area contributed by atoms with Crippen molar-refractivity contribution in [1.82, 2.24) is 19.4 Å². The summed E-state index contributed by atoms with van der Waals surface area (Å²) in [7, 11) is 0. The van der Waals surface area contributed by atoms with Crippen LogP contribution in [-0.4, -0.2) is 19.4 Å². The van der Waals surface area contributed by atoms with Crippen molar-refractivity contribution in [2.75, 3.05) is 0 Å². The molecule has 0 saturated heterocycles. The molecule has 0 aliphatic carbocycles. The molecule has 0 aliphatic heterocycles. The number of hydrogen-bond acceptors (Lipinski definition) is 3. The second kappa shape index (κ2) is 3.41. The molecule has 3 aromatic heterocycles. The van der Waals surface area contributed by atoms with Crippen LogP contribution in [0, 0.1) is 6.92 Å². The summed E-state index contributed by atoms with van der Waals surface area (Å²) in [6.07, 6.45) is 0. The summed E-state index contributed by atoms with van der Waals surface area (Å²) in [6.45, 7) is 1.91. The van der Waals surface area contributed by atoms with Gasteiger partial charge in [-0.15, -0.1) is 0 Å². The van der Waals surface area contributed by atoms with E-state index in [1.807, 2.05) is 41.7 Å². The Hall–Kier alpha value is -2.69. The van der Waals surface area contributed by atoms with Crippen molar-refractivity contribution >= 4 is 27.8 Å². The second-order valence-electron chi connectivity index (χ2n) is 4.54. The first-order valence-electron chi connectivity index (χ1n) is 6.01. The number of pyridine rings is 1. The lowest BCUT2D eigenvalue weighted by Gasteiger charge is -2.02. The minimum atomic E-state index is -0.162. The van der Waals surface area contributed by atoms with Gasteiger partial charge in [0.25, 0.3) is 5.56 Å². The van der Waals surface area contributed by atoms with Crippen LogP contribution in [0.2, 0.25) is 0 Å². The fourth-order valence-corrected chi connectivity index (χ4v) is 2.38. The molecule has 3 heterocycles. The maximum Gasteiger partial charge on any atom is 0.261 e. The third-order valence-corrected chi connectivity index (χ3v) is 3.26. The number of nitrogens with one attached hydrogen (secondary N) is 1. The summed E-state index contributed by atoms with van der Waals surface area (Å²) in [5.41, 5.74) is 3.14. The molecule has 19 heavy (non-hydrogen) atoms. The number of fused-ring (bicyclic) bond motifs is 5. The largest absolute Gasteiger partial charge is 0.291 e. The summed E-state index contributed by atoms with van der Waals surface area (Å²) in [5, 5.41) is 0.571. The molecule has 0 amide bonds. The molecule has 0 atom stereocenters. The standard InChI is InChI=1S/C14H10N4O/c1-8-6-7-9-12(15-8)18-11-5-3-2-4-10(11)16-14(18)17-13(9)19/h2-7H,1H3,(H,16,17,19). The number of aromatic nitrogens is 4. The van der Waals surface area contributed by atoms with E-state index in [0.29, 0.717) is 16.8 Å². The van der Waals surface area contributed by atoms with Crippen molar-refractivity contribution in [1.29, 1.82) is 0 Å². The fourth-order valence-electron chi connectivity index (χ4n) is 2.38. The predicted octanol–water partition coefficient (Wildman–Crippen LogP) is 2.03. The van der Waals surface area contributed by atoms with E-state index in [9.17, 15) is 4.79 Å². The molecule has 4 aromatic rings. The number of nitrogens with zero attached hydrogens (tertiary/aromatic N) is 3. The molecule has 0 saturated carbocycles. The zero-order valence-electron chi connectivity index (χ0n) is 10.2. The topological polar surface area (TPSA) is 63.0 Å². The SMILES string of the molecule is Cc1ccc2c(=O)[nH]c3nc4ccccc4n3c2n1. The Morgan fingerprint density at radius 2 is 1.95 bits per heavy atom. The first-order chi connectivity index (χ1) is 9.24. The highest BCUT2D eigenvalue weighted by Gasteiger charge is 2.11. The Morgan fingerprint density at radius 1 is 1.11 bits per heavy atom. The average molecular weight is 250 g/mol. The van der Waals surface area contributed by atoms with Crippen LogP contribution in [0.1, 0.15) is 5.69 Å². The molecule has 4 rings (SSSR count). The highest BCUT2D eigenvalue weighted by atomic mass is 16.1. The van der Waals surface area contributed by atoms with Crippen LogP contribution in [0.4, 0.5) is 0 Å². The molecule has 5 nitrogen and oxygen atoms in total. The Balaban J connectivity index is 2.41. The maximum absolute atomic E-state index is 12.0. The van der Waals surface area contributed by atoms with Gasteiger partial charge in [-0.25, -0.2) is 9.97 Å². The van der Waals surface area contributed by atoms with Gasteiger partial charge in [-0.1, -0.05) is 12.1 Å². The summed E-state index contributed by atoms with van der Waals surface area (Å²) in [6, 6.07) is 11.4. The highest BCUT2D eigenvalue weighted by molar-refractivity contribution is 5.86. The van der Waals surface area contributed by atoms with Gasteiger partial charge in [0.2, 0.25) is 5.78 Å². The van der Waals surface area contributed by atoms with E-state index in [4.69, 9.17) is 0 Å². The number of para-hydroxylation sites is 2. The van der Waals surface area contributed by atoms with Crippen molar-refractivity contribution in [3.63, 3.8) is 0 Å². The highest BCUT2D eigenvalue weighted by Crippen LogP contribution is 2.18. The summed E-state index contributed by atoms with van der Waals surface area (Å²) >= 11 is 0. The van der Waals surface area contributed by atoms with Gasteiger partial charge in [0.1, 0.15) is 0 Å². The Kier molecular flexibility index (Phi) is 1.84. The summed E-state index contributed by atoms with van der Waals surface area (Å²) in [4.78, 5) is 23.7. The van der Waals surface area contributed by atoms with Crippen molar-refractivity contribution in [3.8, 4) is 0 Å². The monoisotopic (exact) mass is 250 g/mol. The number of H-pyrrole nitrogens is 1. The van der Waals surface area contributed by atoms with Gasteiger partial charge in [0, 0.05) is 5.69 Å². The molecule has 92 valence electrons. The number of imidazole rings is 1. The first-order valence-corrected chi connectivity index (χ1v) is 6.01. The van der Waals surface area contributed by atoms with Crippen LogP contribution >= 0.6 is 0 Å². The Bertz CT molecular complexity index is 997. The van der Waals surface area contributed by atoms with E-state index in [2.05, 4.69) is 15.0 Å². The molecule has 0 radical (unpaired) electrons. The van der Waals surface area contributed by atoms with Gasteiger partial charge in [0.05, 0.1) is 16.4 Å². The van der Waals surface area contributed by atoms with Crippen molar-refractivity contribution in [3.05, 3.63) is 52.4 Å². The van der Waals surface area contributed by atoms with Crippen LogP contribution in [-0.2, 0) is 0 Å². The zero-order valence-corrected chi connectivity index (χ0v) is 10.2. The maximum atomic E-state index is 12.0. The molecule has 5 heteroatoms. The number of benzene rings is 1. The lowest BCUT2D eigenvalue weighted by atomic mass is 10.3. The van der Waals surface area contributed by atoms with Crippen LogP contribution in [0.3, 0.4) is 0 Å². The van der Waals surface area contributed by atoms with Gasteiger partial charge in [0.15, 0.2) is 5.65 Å². The fraction of sp³-hybridized carbons (Fsp3) is 0.0714. The van der Waals surface area contributed by atoms with Gasteiger partial charge in [-0.2, -0.15) is 0 Å². The van der Waals surface area contributed by atoms with E-state index in [1.165, 1.54) is 0 Å². The lowest BCUT2D eigenvalue weighted by molar-refractivity contribution is 1.10. The van der Waals surface area contributed by atoms with E-state index < -0.39 is 0 Å². The quantitative estimate of drug-likeness (QED) is 0.519. The number of rotatable bonds is 0. The first kappa shape index (κ1) is 10.3. The molecule has 0 unspecified atom stereocenters. The molecule has 0 bridgehead atoms. The van der Waals surface area contributed by atoms with Gasteiger partial charge in [-0.3, -0.25) is 14.2 Å². The third kappa shape index (κ3) is 1.32. The molecular weight excluding hydrogens is 240 g/mol. The number of hydrogen-bond donors (Lipinski definition) is 1. The van der Waals surface area contributed by atoms with Crippen molar-refractivity contribution in [2.24, 2.45) is 0 Å². The lowest BCUT2D eigenvalue weighted by Crippen LogP contribution is -2.11. The normalized spacial score (nSPS) is 11.6. The molecular formula is C14H10N4O. The number of aromatic amines is 1. The summed E-state index contributed by atoms with van der Waals surface area (Å²) < 4.78 is 1.89. The molecule has 0 spiro atoms. The number of aryl methyl sites for hydroxylation is 1. The van der Waals surface area contributed by atoms with Gasteiger partial charge >= 0.3 is 0 Å². The Morgan fingerprint density at radius 3 is 2.84 bits per heavy atom. The Labute approximate surface area is 107 Å². The van der Waals surface area contributed by atoms with Crippen molar-refractivity contribution < 1.29 is 0 Å². The molecule has 0 aliphatic rings. The van der Waals surface area contributed by atoms with E-state index in [1.54, 1.807) is 6.07 Å². The zero-order chi connectivity index (χ0) is 13.0. The second-order valence-corrected chi connectivity index (χ2v) is 4.54. The van der Waals surface area contributed by atoms with Crippen LogP contribution < -0.4 is 5.56 Å². The molecule has 1 aromatic carbocycles. The summed E-state index contributed by atoms with van der Waals surface area (Å²) in [5.74, 6) is 0.525. The van der Waals surface area contributed by atoms with Crippen molar-refractivity contribution in [2.45, 2.75) is 6.92 Å². The van der Waals surface area contributed by atoms with Crippen LogP contribution in [0.25, 0.3) is 27.8 Å². The smallest absolute Gasteiger partial charge is 0.261 e. The van der Waals surface area contributed by atoms with E-state index >= 15 is 0 Å². The third-order valence-electron chi connectivity index (χ3n) is 3.26. The predicted molar refractivity (Wildman–Crippen MR) is 73.4 cm³/mol. The van der Waals surface area contributed by atoms with E-state index in [-0.39, 0.29) is 5.56 Å². The molecule has 0 fully saturated rings. The minimum Gasteiger partial charge on any atom is -0.291 e. The van der Waals surface area contributed by atoms with Crippen LogP contribution in [0.5, 0.6) is 0 Å².